The molecule has 0 spiro atoms. The van der Waals surface area contributed by atoms with Crippen LogP contribution in [0.3, 0.4) is 0 Å². The number of anilines is 1. The minimum Gasteiger partial charge on any atom is -0.494 e. The van der Waals surface area contributed by atoms with Crippen LogP contribution in [-0.2, 0) is 10.0 Å². The van der Waals surface area contributed by atoms with Gasteiger partial charge in [0.2, 0.25) is 21.7 Å². The quantitative estimate of drug-likeness (QED) is 0.551. The van der Waals surface area contributed by atoms with Gasteiger partial charge in [-0.15, -0.1) is 0 Å². The normalized spacial score (nSPS) is 15.7. The summed E-state index contributed by atoms with van der Waals surface area (Å²) in [6.07, 6.45) is 0. The molecule has 3 rings (SSSR count). The van der Waals surface area contributed by atoms with Gasteiger partial charge in [-0.25, -0.2) is 8.42 Å². The van der Waals surface area contributed by atoms with Gasteiger partial charge in [0.05, 0.1) is 11.5 Å². The van der Waals surface area contributed by atoms with Crippen molar-refractivity contribution in [3.05, 3.63) is 47.8 Å². The van der Waals surface area contributed by atoms with Gasteiger partial charge in [-0.3, -0.25) is 0 Å². The number of halogens is 4. The van der Waals surface area contributed by atoms with E-state index in [9.17, 15) is 26.0 Å². The van der Waals surface area contributed by atoms with Gasteiger partial charge in [0, 0.05) is 26.2 Å². The van der Waals surface area contributed by atoms with Gasteiger partial charge in [0.25, 0.3) is 11.9 Å². The van der Waals surface area contributed by atoms with Crippen molar-refractivity contribution in [3.8, 4) is 5.75 Å². The molecule has 0 N–H and O–H groups in total. The molecule has 1 aliphatic heterocycles. The van der Waals surface area contributed by atoms with Crippen molar-refractivity contribution >= 4 is 15.7 Å². The topological polar surface area (TPSA) is 62.7 Å². The van der Waals surface area contributed by atoms with Gasteiger partial charge in [-0.1, -0.05) is 0 Å². The average Bonchev–Trinajstić information content (AvgIpc) is 2.68. The van der Waals surface area contributed by atoms with Crippen LogP contribution in [0.1, 0.15) is 6.92 Å². The number of aromatic nitrogens is 1. The van der Waals surface area contributed by atoms with Crippen molar-refractivity contribution < 1.29 is 30.7 Å². The maximum atomic E-state index is 13.9. The minimum absolute atomic E-state index is 0.0442. The maximum Gasteiger partial charge on any atom is 0.253 e. The van der Waals surface area contributed by atoms with Gasteiger partial charge in [0.1, 0.15) is 11.4 Å². The molecule has 1 aromatic carbocycles. The Kier molecular flexibility index (Phi) is 5.75. The lowest BCUT2D eigenvalue weighted by Gasteiger charge is -2.35. The standard InChI is InChI=1S/C17H17F4N3O3S/c1-2-27-11-3-5-12(6-4-11)28(25,26)24-9-7-23(8-10-24)15-13(18)16(20)22-17(21)14(15)19/h3-6H,2,7-10H2,1H3. The first-order chi connectivity index (χ1) is 13.3. The number of sulfonamides is 1. The molecule has 2 heterocycles. The molecule has 11 heteroatoms. The fourth-order valence-electron chi connectivity index (χ4n) is 2.93. The van der Waals surface area contributed by atoms with E-state index in [1.165, 1.54) is 24.3 Å². The molecule has 1 aliphatic rings. The highest BCUT2D eigenvalue weighted by Gasteiger charge is 2.32. The fraction of sp³-hybridized carbons (Fsp3) is 0.353. The molecule has 1 aromatic heterocycles. The van der Waals surface area contributed by atoms with Crippen LogP contribution >= 0.6 is 0 Å². The van der Waals surface area contributed by atoms with E-state index in [0.29, 0.717) is 12.4 Å². The number of hydrogen-bond donors (Lipinski definition) is 0. The highest BCUT2D eigenvalue weighted by molar-refractivity contribution is 7.89. The van der Waals surface area contributed by atoms with E-state index in [2.05, 4.69) is 4.98 Å². The van der Waals surface area contributed by atoms with Crippen molar-refractivity contribution in [2.24, 2.45) is 0 Å². The zero-order chi connectivity index (χ0) is 20.5. The predicted octanol–water partition coefficient (Wildman–Crippen LogP) is 2.55. The number of rotatable bonds is 5. The zero-order valence-electron chi connectivity index (χ0n) is 14.8. The molecule has 0 aliphatic carbocycles. The predicted molar refractivity (Wildman–Crippen MR) is 92.7 cm³/mol. The van der Waals surface area contributed by atoms with Gasteiger partial charge in [-0.05, 0) is 31.2 Å². The summed E-state index contributed by atoms with van der Waals surface area (Å²) >= 11 is 0. The second-order valence-corrected chi connectivity index (χ2v) is 7.90. The van der Waals surface area contributed by atoms with Crippen molar-refractivity contribution in [3.63, 3.8) is 0 Å². The lowest BCUT2D eigenvalue weighted by atomic mass is 10.2. The Bertz CT molecular complexity index is 936. The lowest BCUT2D eigenvalue weighted by Crippen LogP contribution is -2.49. The second kappa shape index (κ2) is 7.92. The SMILES string of the molecule is CCOc1ccc(S(=O)(=O)N2CCN(c3c(F)c(F)nc(F)c3F)CC2)cc1. The van der Waals surface area contributed by atoms with E-state index < -0.39 is 39.2 Å². The molecule has 0 bridgehead atoms. The van der Waals surface area contributed by atoms with Crippen molar-refractivity contribution in [1.29, 1.82) is 0 Å². The number of ether oxygens (including phenoxy) is 1. The fourth-order valence-corrected chi connectivity index (χ4v) is 4.35. The van der Waals surface area contributed by atoms with Crippen LogP contribution in [0, 0.1) is 23.5 Å². The first kappa shape index (κ1) is 20.3. The minimum atomic E-state index is -3.83. The van der Waals surface area contributed by atoms with Gasteiger partial charge >= 0.3 is 0 Å². The van der Waals surface area contributed by atoms with E-state index >= 15 is 0 Å². The summed E-state index contributed by atoms with van der Waals surface area (Å²) < 4.78 is 86.3. The van der Waals surface area contributed by atoms with E-state index in [1.54, 1.807) is 6.92 Å². The summed E-state index contributed by atoms with van der Waals surface area (Å²) in [5, 5.41) is 0. The first-order valence-electron chi connectivity index (χ1n) is 8.43. The molecule has 6 nitrogen and oxygen atoms in total. The molecule has 2 aromatic rings. The Labute approximate surface area is 159 Å². The first-order valence-corrected chi connectivity index (χ1v) is 9.87. The highest BCUT2D eigenvalue weighted by atomic mass is 32.2. The third-order valence-corrected chi connectivity index (χ3v) is 6.21. The van der Waals surface area contributed by atoms with Gasteiger partial charge < -0.3 is 9.64 Å². The zero-order valence-corrected chi connectivity index (χ0v) is 15.6. The summed E-state index contributed by atoms with van der Waals surface area (Å²) in [6, 6.07) is 5.86. The van der Waals surface area contributed by atoms with E-state index in [1.807, 2.05) is 0 Å². The number of pyridine rings is 1. The molecule has 1 fully saturated rings. The molecule has 28 heavy (non-hydrogen) atoms. The molecular weight excluding hydrogens is 402 g/mol. The third kappa shape index (κ3) is 3.76. The largest absolute Gasteiger partial charge is 0.494 e. The van der Waals surface area contributed by atoms with Gasteiger partial charge in [0.15, 0.2) is 0 Å². The van der Waals surface area contributed by atoms with Crippen LogP contribution in [0.25, 0.3) is 0 Å². The molecule has 0 amide bonds. The lowest BCUT2D eigenvalue weighted by molar-refractivity contribution is 0.340. The number of hydrogen-bond acceptors (Lipinski definition) is 5. The molecule has 0 radical (unpaired) electrons. The Morgan fingerprint density at radius 3 is 2.00 bits per heavy atom. The Morgan fingerprint density at radius 1 is 0.964 bits per heavy atom. The molecule has 1 saturated heterocycles. The summed E-state index contributed by atoms with van der Waals surface area (Å²) in [7, 11) is -3.83. The molecule has 0 unspecified atom stereocenters. The summed E-state index contributed by atoms with van der Waals surface area (Å²) in [6.45, 7) is 1.73. The Hall–Kier alpha value is -2.40. The van der Waals surface area contributed by atoms with Gasteiger partial charge in [-0.2, -0.15) is 26.9 Å². The smallest absolute Gasteiger partial charge is 0.253 e. The van der Waals surface area contributed by atoms with E-state index in [-0.39, 0.29) is 31.1 Å². The van der Waals surface area contributed by atoms with Crippen molar-refractivity contribution in [2.75, 3.05) is 37.7 Å². The molecular formula is C17H17F4N3O3S. The number of piperazine rings is 1. The Morgan fingerprint density at radius 2 is 1.50 bits per heavy atom. The monoisotopic (exact) mass is 419 g/mol. The summed E-state index contributed by atoms with van der Waals surface area (Å²) in [5.41, 5.74) is -0.886. The third-order valence-electron chi connectivity index (χ3n) is 4.30. The van der Waals surface area contributed by atoms with E-state index in [4.69, 9.17) is 4.74 Å². The number of benzene rings is 1. The van der Waals surface area contributed by atoms with Crippen LogP contribution in [-0.4, -0.2) is 50.5 Å². The van der Waals surface area contributed by atoms with Crippen LogP contribution in [0.15, 0.2) is 29.2 Å². The second-order valence-electron chi connectivity index (χ2n) is 5.97. The van der Waals surface area contributed by atoms with Crippen molar-refractivity contribution in [2.45, 2.75) is 11.8 Å². The van der Waals surface area contributed by atoms with Crippen LogP contribution in [0.4, 0.5) is 23.2 Å². The summed E-state index contributed by atoms with van der Waals surface area (Å²) in [5.74, 6) is -6.20. The molecule has 152 valence electrons. The molecule has 0 saturated carbocycles. The van der Waals surface area contributed by atoms with Crippen molar-refractivity contribution in [1.82, 2.24) is 9.29 Å². The number of nitrogens with zero attached hydrogens (tertiary/aromatic N) is 3. The Balaban J connectivity index is 1.77. The van der Waals surface area contributed by atoms with Crippen LogP contribution in [0.2, 0.25) is 0 Å². The summed E-state index contributed by atoms with van der Waals surface area (Å²) in [4.78, 5) is 3.62. The molecule has 0 atom stereocenters. The van der Waals surface area contributed by atoms with E-state index in [0.717, 1.165) is 9.21 Å². The van der Waals surface area contributed by atoms with Crippen LogP contribution in [0.5, 0.6) is 5.75 Å². The maximum absolute atomic E-state index is 13.9. The van der Waals surface area contributed by atoms with Crippen LogP contribution < -0.4 is 9.64 Å². The average molecular weight is 419 g/mol. The highest BCUT2D eigenvalue weighted by Crippen LogP contribution is 2.28.